The average Bonchev–Trinajstić information content (AvgIpc) is 2.11. The SMILES string of the molecule is COC(=O)C(C)N(C)C(=O)C(C)(C)C. The van der Waals surface area contributed by atoms with E-state index >= 15 is 0 Å². The summed E-state index contributed by atoms with van der Waals surface area (Å²) >= 11 is 0. The van der Waals surface area contributed by atoms with Crippen LogP contribution in [0.2, 0.25) is 0 Å². The van der Waals surface area contributed by atoms with Crippen molar-refractivity contribution >= 4 is 11.9 Å². The Labute approximate surface area is 85.2 Å². The lowest BCUT2D eigenvalue weighted by Crippen LogP contribution is -2.45. The number of likely N-dealkylation sites (N-methyl/N-ethyl adjacent to an activating group) is 1. The van der Waals surface area contributed by atoms with Crippen LogP contribution in [-0.2, 0) is 14.3 Å². The third kappa shape index (κ3) is 3.01. The van der Waals surface area contributed by atoms with Crippen molar-refractivity contribution in [2.75, 3.05) is 14.2 Å². The number of hydrogen-bond donors (Lipinski definition) is 0. The molecule has 82 valence electrons. The summed E-state index contributed by atoms with van der Waals surface area (Å²) in [5.74, 6) is -0.472. The van der Waals surface area contributed by atoms with Gasteiger partial charge < -0.3 is 9.64 Å². The fourth-order valence-electron chi connectivity index (χ4n) is 1.03. The number of rotatable bonds is 2. The summed E-state index contributed by atoms with van der Waals surface area (Å²) in [5, 5.41) is 0. The lowest BCUT2D eigenvalue weighted by molar-refractivity contribution is -0.153. The number of ether oxygens (including phenoxy) is 1. The molecule has 0 aromatic carbocycles. The Balaban J connectivity index is 4.55. The van der Waals surface area contributed by atoms with E-state index in [4.69, 9.17) is 0 Å². The number of methoxy groups -OCH3 is 1. The highest BCUT2D eigenvalue weighted by Crippen LogP contribution is 2.18. The quantitative estimate of drug-likeness (QED) is 0.627. The fraction of sp³-hybridized carbons (Fsp3) is 0.800. The van der Waals surface area contributed by atoms with Crippen molar-refractivity contribution in [1.29, 1.82) is 0 Å². The molecule has 1 amide bonds. The van der Waals surface area contributed by atoms with E-state index in [0.717, 1.165) is 0 Å². The van der Waals surface area contributed by atoms with Crippen molar-refractivity contribution in [1.82, 2.24) is 4.90 Å². The second-order valence-electron chi connectivity index (χ2n) is 4.37. The molecule has 0 aliphatic rings. The molecule has 0 fully saturated rings. The number of hydrogen-bond acceptors (Lipinski definition) is 3. The van der Waals surface area contributed by atoms with E-state index in [1.807, 2.05) is 20.8 Å². The van der Waals surface area contributed by atoms with Gasteiger partial charge in [0.25, 0.3) is 0 Å². The molecule has 14 heavy (non-hydrogen) atoms. The van der Waals surface area contributed by atoms with Gasteiger partial charge in [-0.1, -0.05) is 20.8 Å². The van der Waals surface area contributed by atoms with Gasteiger partial charge in [0.05, 0.1) is 7.11 Å². The number of carbonyl (C=O) groups excluding carboxylic acids is 2. The van der Waals surface area contributed by atoms with Crippen molar-refractivity contribution in [3.05, 3.63) is 0 Å². The molecule has 4 nitrogen and oxygen atoms in total. The molecule has 0 spiro atoms. The van der Waals surface area contributed by atoms with E-state index in [1.165, 1.54) is 12.0 Å². The molecule has 0 aliphatic carbocycles. The molecule has 0 aliphatic heterocycles. The molecule has 0 saturated carbocycles. The second kappa shape index (κ2) is 4.44. The van der Waals surface area contributed by atoms with E-state index < -0.39 is 17.4 Å². The van der Waals surface area contributed by atoms with Crippen LogP contribution in [0.15, 0.2) is 0 Å². The summed E-state index contributed by atoms with van der Waals surface area (Å²) in [6.45, 7) is 7.09. The number of amides is 1. The van der Waals surface area contributed by atoms with Gasteiger partial charge in [0.1, 0.15) is 6.04 Å². The highest BCUT2D eigenvalue weighted by molar-refractivity contribution is 5.86. The maximum Gasteiger partial charge on any atom is 0.328 e. The lowest BCUT2D eigenvalue weighted by atomic mass is 9.94. The number of esters is 1. The molecule has 0 N–H and O–H groups in total. The molecule has 4 heteroatoms. The Morgan fingerprint density at radius 2 is 1.71 bits per heavy atom. The smallest absolute Gasteiger partial charge is 0.328 e. The van der Waals surface area contributed by atoms with Gasteiger partial charge in [-0.3, -0.25) is 4.79 Å². The Bertz CT molecular complexity index is 230. The molecule has 1 atom stereocenters. The van der Waals surface area contributed by atoms with E-state index in [9.17, 15) is 9.59 Å². The molecule has 0 heterocycles. The van der Waals surface area contributed by atoms with Crippen LogP contribution in [0.4, 0.5) is 0 Å². The van der Waals surface area contributed by atoms with Crippen LogP contribution in [0.1, 0.15) is 27.7 Å². The van der Waals surface area contributed by atoms with E-state index in [2.05, 4.69) is 4.74 Å². The topological polar surface area (TPSA) is 46.6 Å². The molecule has 0 aromatic rings. The van der Waals surface area contributed by atoms with E-state index in [-0.39, 0.29) is 5.91 Å². The third-order valence-electron chi connectivity index (χ3n) is 2.09. The Morgan fingerprint density at radius 3 is 2.00 bits per heavy atom. The Hall–Kier alpha value is -1.06. The molecule has 1 unspecified atom stereocenters. The maximum atomic E-state index is 11.7. The highest BCUT2D eigenvalue weighted by Gasteiger charge is 2.30. The second-order valence-corrected chi connectivity index (χ2v) is 4.37. The van der Waals surface area contributed by atoms with Crippen LogP contribution in [0.5, 0.6) is 0 Å². The lowest BCUT2D eigenvalue weighted by Gasteiger charge is -2.29. The van der Waals surface area contributed by atoms with Gasteiger partial charge in [0.15, 0.2) is 0 Å². The van der Waals surface area contributed by atoms with Crippen molar-refractivity contribution in [3.63, 3.8) is 0 Å². The van der Waals surface area contributed by atoms with Crippen LogP contribution in [0.3, 0.4) is 0 Å². The molecule has 0 bridgehead atoms. The molecular formula is C10H19NO3. The molecule has 0 aromatic heterocycles. The van der Waals surface area contributed by atoms with Gasteiger partial charge >= 0.3 is 5.97 Å². The zero-order valence-corrected chi connectivity index (χ0v) is 9.75. The summed E-state index contributed by atoms with van der Waals surface area (Å²) in [7, 11) is 2.92. The summed E-state index contributed by atoms with van der Waals surface area (Å²) in [5.41, 5.74) is -0.475. The standard InChI is InChI=1S/C10H19NO3/c1-7(8(12)14-6)11(5)9(13)10(2,3)4/h7H,1-6H3. The first kappa shape index (κ1) is 12.9. The number of carbonyl (C=O) groups is 2. The Morgan fingerprint density at radius 1 is 1.29 bits per heavy atom. The van der Waals surface area contributed by atoms with E-state index in [0.29, 0.717) is 0 Å². The van der Waals surface area contributed by atoms with Crippen LogP contribution in [-0.4, -0.2) is 37.0 Å². The summed E-state index contributed by atoms with van der Waals surface area (Å²) < 4.78 is 4.56. The zero-order valence-electron chi connectivity index (χ0n) is 9.75. The van der Waals surface area contributed by atoms with Gasteiger partial charge in [-0.25, -0.2) is 4.79 Å². The largest absolute Gasteiger partial charge is 0.467 e. The first-order chi connectivity index (χ1) is 6.21. The van der Waals surface area contributed by atoms with E-state index in [1.54, 1.807) is 14.0 Å². The first-order valence-corrected chi connectivity index (χ1v) is 4.57. The van der Waals surface area contributed by atoms with Crippen LogP contribution < -0.4 is 0 Å². The minimum atomic E-state index is -0.535. The van der Waals surface area contributed by atoms with Crippen molar-refractivity contribution < 1.29 is 14.3 Å². The average molecular weight is 201 g/mol. The predicted molar refractivity (Wildman–Crippen MR) is 53.7 cm³/mol. The molecule has 0 saturated heterocycles. The van der Waals surface area contributed by atoms with Crippen molar-refractivity contribution in [2.45, 2.75) is 33.7 Å². The van der Waals surface area contributed by atoms with Crippen LogP contribution >= 0.6 is 0 Å². The number of nitrogens with zero attached hydrogens (tertiary/aromatic N) is 1. The predicted octanol–water partition coefficient (Wildman–Crippen LogP) is 1.05. The zero-order chi connectivity index (χ0) is 11.5. The Kier molecular flexibility index (Phi) is 4.10. The highest BCUT2D eigenvalue weighted by atomic mass is 16.5. The maximum absolute atomic E-state index is 11.7. The summed E-state index contributed by atoms with van der Waals surface area (Å²) in [6.07, 6.45) is 0. The van der Waals surface area contributed by atoms with Gasteiger partial charge in [-0.2, -0.15) is 0 Å². The fourth-order valence-corrected chi connectivity index (χ4v) is 1.03. The van der Waals surface area contributed by atoms with Gasteiger partial charge in [-0.15, -0.1) is 0 Å². The third-order valence-corrected chi connectivity index (χ3v) is 2.09. The van der Waals surface area contributed by atoms with Gasteiger partial charge in [-0.05, 0) is 6.92 Å². The first-order valence-electron chi connectivity index (χ1n) is 4.57. The molecule has 0 rings (SSSR count). The molecular weight excluding hydrogens is 182 g/mol. The minimum absolute atomic E-state index is 0.0737. The van der Waals surface area contributed by atoms with Crippen LogP contribution in [0.25, 0.3) is 0 Å². The van der Waals surface area contributed by atoms with Gasteiger partial charge in [0.2, 0.25) is 5.91 Å². The summed E-state index contributed by atoms with van der Waals surface area (Å²) in [4.78, 5) is 24.3. The van der Waals surface area contributed by atoms with Crippen molar-refractivity contribution in [2.24, 2.45) is 5.41 Å². The van der Waals surface area contributed by atoms with Crippen LogP contribution in [0, 0.1) is 5.41 Å². The monoisotopic (exact) mass is 201 g/mol. The molecule has 0 radical (unpaired) electrons. The minimum Gasteiger partial charge on any atom is -0.467 e. The normalized spacial score (nSPS) is 13.3. The van der Waals surface area contributed by atoms with Gasteiger partial charge in [0, 0.05) is 12.5 Å². The summed E-state index contributed by atoms with van der Waals surface area (Å²) in [6, 6.07) is -0.535. The van der Waals surface area contributed by atoms with Crippen molar-refractivity contribution in [3.8, 4) is 0 Å².